The molecule has 0 aromatic heterocycles. The Morgan fingerprint density at radius 3 is 2.45 bits per heavy atom. The van der Waals surface area contributed by atoms with E-state index < -0.39 is 81.8 Å². The Balaban J connectivity index is 2.05. The molecular weight excluding hydrogens is 432 g/mol. The number of hydrogen-bond acceptors (Lipinski definition) is 9. The SMILES string of the molecule is C[C@@H]1c2c(N)c(Cl)cc(O)c2C(O)=C2C(=O)[C@]3(O)C(O)=C(C(N)=O)C(=O)C[C@@H]3[C@H](O)[C@@H]21. The Bertz CT molecular complexity index is 1160. The molecule has 1 aromatic carbocycles. The standard InChI is InChI=1S/C20H19ClN2O8/c1-4-9-11(8(25)3-6(21)14(9)22)16(27)13-10(4)15(26)5-2-7(24)12(19(23)30)17(28)20(5,31)18(13)29/h3-5,10,15,25-28,31H,2,22H2,1H3,(H2,23,30)/t4-,5-,10-,15+,20-/m1/s1. The third-order valence-corrected chi connectivity index (χ3v) is 6.90. The molecule has 5 atom stereocenters. The lowest BCUT2D eigenvalue weighted by Crippen LogP contribution is -2.63. The topological polar surface area (TPSA) is 204 Å². The fourth-order valence-corrected chi connectivity index (χ4v) is 5.35. The maximum atomic E-state index is 13.4. The van der Waals surface area contributed by atoms with E-state index in [2.05, 4.69) is 0 Å². The smallest absolute Gasteiger partial charge is 0.255 e. The number of rotatable bonds is 1. The minimum Gasteiger partial charge on any atom is -0.508 e. The lowest BCUT2D eigenvalue weighted by Gasteiger charge is -2.50. The number of phenolic OH excluding ortho intramolecular Hbond substituents is 1. The van der Waals surface area contributed by atoms with Gasteiger partial charge in [0, 0.05) is 29.9 Å². The molecule has 4 rings (SSSR count). The molecule has 1 saturated carbocycles. The lowest BCUT2D eigenvalue weighted by atomic mass is 9.55. The number of ketones is 2. The first-order valence-electron chi connectivity index (χ1n) is 9.31. The van der Waals surface area contributed by atoms with Crippen LogP contribution in [-0.2, 0) is 14.4 Å². The molecule has 1 amide bonds. The van der Waals surface area contributed by atoms with Crippen molar-refractivity contribution in [2.24, 2.45) is 17.6 Å². The van der Waals surface area contributed by atoms with E-state index in [1.54, 1.807) is 6.92 Å². The lowest BCUT2D eigenvalue weighted by molar-refractivity contribution is -0.160. The van der Waals surface area contributed by atoms with Gasteiger partial charge in [-0.1, -0.05) is 18.5 Å². The van der Waals surface area contributed by atoms with Gasteiger partial charge in [0.2, 0.25) is 5.78 Å². The average Bonchev–Trinajstić information content (AvgIpc) is 2.67. The van der Waals surface area contributed by atoms with Crippen molar-refractivity contribution in [3.05, 3.63) is 39.1 Å². The van der Waals surface area contributed by atoms with Crippen LogP contribution in [0.2, 0.25) is 5.02 Å². The number of hydrogen-bond donors (Lipinski definition) is 7. The minimum absolute atomic E-state index is 0.00740. The number of aromatic hydroxyl groups is 1. The van der Waals surface area contributed by atoms with E-state index in [1.165, 1.54) is 0 Å². The number of carbonyl (C=O) groups is 3. The van der Waals surface area contributed by atoms with Crippen LogP contribution in [0.1, 0.15) is 30.4 Å². The Hall–Kier alpha value is -3.08. The van der Waals surface area contributed by atoms with Gasteiger partial charge in [0.15, 0.2) is 11.4 Å². The molecule has 0 saturated heterocycles. The minimum atomic E-state index is -2.87. The van der Waals surface area contributed by atoms with Crippen molar-refractivity contribution in [1.29, 1.82) is 0 Å². The van der Waals surface area contributed by atoms with Crippen molar-refractivity contribution >= 4 is 40.5 Å². The monoisotopic (exact) mass is 450 g/mol. The van der Waals surface area contributed by atoms with Gasteiger partial charge in [0.1, 0.15) is 22.8 Å². The summed E-state index contributed by atoms with van der Waals surface area (Å²) < 4.78 is 0. The van der Waals surface area contributed by atoms with Gasteiger partial charge in [-0.25, -0.2) is 0 Å². The molecule has 31 heavy (non-hydrogen) atoms. The van der Waals surface area contributed by atoms with Crippen molar-refractivity contribution < 1.29 is 39.9 Å². The summed E-state index contributed by atoms with van der Waals surface area (Å²) in [5.74, 6) is -9.49. The van der Waals surface area contributed by atoms with E-state index in [0.29, 0.717) is 0 Å². The molecule has 164 valence electrons. The van der Waals surface area contributed by atoms with Gasteiger partial charge >= 0.3 is 0 Å². The number of Topliss-reactive ketones (excluding diaryl/α,β-unsaturated/α-hetero) is 2. The second kappa shape index (κ2) is 6.46. The summed E-state index contributed by atoms with van der Waals surface area (Å²) in [6.07, 6.45) is -2.27. The molecular formula is C20H19ClN2O8. The maximum Gasteiger partial charge on any atom is 0.255 e. The number of aliphatic hydroxyl groups is 4. The number of amides is 1. The van der Waals surface area contributed by atoms with Gasteiger partial charge in [0.05, 0.1) is 22.4 Å². The molecule has 3 aliphatic carbocycles. The Kier molecular flexibility index (Phi) is 4.41. The second-order valence-electron chi connectivity index (χ2n) is 8.06. The van der Waals surface area contributed by atoms with Gasteiger partial charge in [-0.2, -0.15) is 0 Å². The Labute approximate surface area is 180 Å². The van der Waals surface area contributed by atoms with E-state index >= 15 is 0 Å². The normalized spacial score (nSPS) is 32.5. The summed E-state index contributed by atoms with van der Waals surface area (Å²) in [6.45, 7) is 1.57. The first-order valence-corrected chi connectivity index (χ1v) is 9.69. The average molecular weight is 451 g/mol. The van der Waals surface area contributed by atoms with Gasteiger partial charge in [0.25, 0.3) is 5.91 Å². The number of halogens is 1. The van der Waals surface area contributed by atoms with E-state index in [4.69, 9.17) is 23.1 Å². The summed E-state index contributed by atoms with van der Waals surface area (Å²) in [4.78, 5) is 37.4. The number of phenols is 1. The summed E-state index contributed by atoms with van der Waals surface area (Å²) in [6, 6.07) is 1.07. The van der Waals surface area contributed by atoms with Gasteiger partial charge < -0.3 is 37.0 Å². The number of fused-ring (bicyclic) bond motifs is 3. The molecule has 1 fully saturated rings. The maximum absolute atomic E-state index is 13.4. The second-order valence-corrected chi connectivity index (χ2v) is 8.47. The van der Waals surface area contributed by atoms with E-state index in [1.807, 2.05) is 0 Å². The highest BCUT2D eigenvalue weighted by atomic mass is 35.5. The first kappa shape index (κ1) is 21.2. The van der Waals surface area contributed by atoms with Crippen molar-refractivity contribution in [2.75, 3.05) is 5.73 Å². The summed E-state index contributed by atoms with van der Waals surface area (Å²) >= 11 is 6.04. The van der Waals surface area contributed by atoms with Crippen molar-refractivity contribution in [1.82, 2.24) is 0 Å². The van der Waals surface area contributed by atoms with Crippen LogP contribution >= 0.6 is 11.6 Å². The highest BCUT2D eigenvalue weighted by Crippen LogP contribution is 2.57. The Morgan fingerprint density at radius 2 is 1.87 bits per heavy atom. The fourth-order valence-electron chi connectivity index (χ4n) is 5.14. The van der Waals surface area contributed by atoms with E-state index in [0.717, 1.165) is 6.07 Å². The quantitative estimate of drug-likeness (QED) is 0.177. The van der Waals surface area contributed by atoms with Crippen LogP contribution in [0.5, 0.6) is 5.75 Å². The molecule has 1 aromatic rings. The molecule has 0 aliphatic heterocycles. The molecule has 0 heterocycles. The van der Waals surface area contributed by atoms with Crippen molar-refractivity contribution in [3.63, 3.8) is 0 Å². The number of anilines is 1. The van der Waals surface area contributed by atoms with E-state index in [-0.39, 0.29) is 21.8 Å². The van der Waals surface area contributed by atoms with Crippen LogP contribution in [0.25, 0.3) is 5.76 Å². The molecule has 10 nitrogen and oxygen atoms in total. The molecule has 3 aliphatic rings. The number of nitrogen functional groups attached to an aromatic ring is 1. The molecule has 0 bridgehead atoms. The highest BCUT2D eigenvalue weighted by molar-refractivity contribution is 6.33. The molecule has 9 N–H and O–H groups in total. The third-order valence-electron chi connectivity index (χ3n) is 6.59. The van der Waals surface area contributed by atoms with Gasteiger partial charge in [-0.3, -0.25) is 14.4 Å². The predicted octanol–water partition coefficient (Wildman–Crippen LogP) is 0.191. The molecule has 11 heteroatoms. The zero-order valence-corrected chi connectivity index (χ0v) is 16.8. The van der Waals surface area contributed by atoms with Crippen LogP contribution < -0.4 is 11.5 Å². The molecule has 0 spiro atoms. The molecule has 0 unspecified atom stereocenters. The van der Waals surface area contributed by atoms with Crippen molar-refractivity contribution in [2.45, 2.75) is 31.0 Å². The highest BCUT2D eigenvalue weighted by Gasteiger charge is 2.65. The number of nitrogens with two attached hydrogens (primary N) is 2. The molecule has 0 radical (unpaired) electrons. The number of primary amides is 1. The number of aliphatic hydroxyl groups excluding tert-OH is 3. The predicted molar refractivity (Wildman–Crippen MR) is 107 cm³/mol. The summed E-state index contributed by atoms with van der Waals surface area (Å²) in [7, 11) is 0. The van der Waals surface area contributed by atoms with E-state index in [9.17, 15) is 39.9 Å². The van der Waals surface area contributed by atoms with Crippen molar-refractivity contribution in [3.8, 4) is 5.75 Å². The van der Waals surface area contributed by atoms with Crippen LogP contribution in [0.15, 0.2) is 23.0 Å². The Morgan fingerprint density at radius 1 is 1.26 bits per heavy atom. The number of carbonyl (C=O) groups excluding carboxylic acids is 3. The summed E-state index contributed by atoms with van der Waals surface area (Å²) in [5.41, 5.74) is 6.87. The van der Waals surface area contributed by atoms with Crippen LogP contribution in [0.4, 0.5) is 5.69 Å². The van der Waals surface area contributed by atoms with Crippen LogP contribution in [0.3, 0.4) is 0 Å². The summed E-state index contributed by atoms with van der Waals surface area (Å²) in [5, 5.41) is 54.0. The zero-order chi connectivity index (χ0) is 23.2. The van der Waals surface area contributed by atoms with Gasteiger partial charge in [-0.05, 0) is 11.5 Å². The first-order chi connectivity index (χ1) is 14.3. The third kappa shape index (κ3) is 2.43. The van der Waals surface area contributed by atoms with Crippen LogP contribution in [0, 0.1) is 11.8 Å². The van der Waals surface area contributed by atoms with Crippen LogP contribution in [-0.4, -0.2) is 54.7 Å². The largest absolute Gasteiger partial charge is 0.508 e. The van der Waals surface area contributed by atoms with Gasteiger partial charge in [-0.15, -0.1) is 0 Å². The number of benzene rings is 1. The fraction of sp³-hybridized carbons (Fsp3) is 0.350. The zero-order valence-electron chi connectivity index (χ0n) is 16.1.